The Bertz CT molecular complexity index is 295. The highest BCUT2D eigenvalue weighted by Gasteiger charge is 1.79. The highest BCUT2D eigenvalue weighted by atomic mass is 14.6. The van der Waals surface area contributed by atoms with Crippen LogP contribution >= 0.6 is 0 Å². The van der Waals surface area contributed by atoms with Crippen LogP contribution in [0.3, 0.4) is 0 Å². The predicted molar refractivity (Wildman–Crippen MR) is 39.9 cm³/mol. The fraction of sp³-hybridized carbons (Fsp3) is 0. The van der Waals surface area contributed by atoms with Gasteiger partial charge in [-0.05, 0) is 24.0 Å². The molecule has 10 heavy (non-hydrogen) atoms. The molecular formula is C9H5N. The van der Waals surface area contributed by atoms with Crippen LogP contribution in [0.2, 0.25) is 0 Å². The van der Waals surface area contributed by atoms with Crippen molar-refractivity contribution in [1.82, 2.24) is 4.98 Å². The maximum absolute atomic E-state index is 4.93. The molecular weight excluding hydrogens is 122 g/mol. The number of hydrogen-bond donors (Lipinski definition) is 0. The zero-order valence-corrected chi connectivity index (χ0v) is 5.33. The van der Waals surface area contributed by atoms with E-state index in [9.17, 15) is 0 Å². The van der Waals surface area contributed by atoms with Crippen LogP contribution in [0.25, 0.3) is 0 Å². The first-order valence-corrected chi connectivity index (χ1v) is 2.80. The minimum absolute atomic E-state index is 0.848. The predicted octanol–water partition coefficient (Wildman–Crippen LogP) is 1.07. The second kappa shape index (κ2) is 3.33. The maximum atomic E-state index is 4.93. The third-order valence-electron chi connectivity index (χ3n) is 0.941. The molecule has 0 aromatic carbocycles. The van der Waals surface area contributed by atoms with Crippen LogP contribution in [0.5, 0.6) is 0 Å². The van der Waals surface area contributed by atoms with Gasteiger partial charge in [-0.25, -0.2) is 0 Å². The lowest BCUT2D eigenvalue weighted by molar-refractivity contribution is 1.31. The van der Waals surface area contributed by atoms with Crippen LogP contribution in [0, 0.1) is 24.2 Å². The first-order chi connectivity index (χ1) is 4.93. The van der Waals surface area contributed by atoms with Crippen LogP contribution < -0.4 is 0 Å². The molecule has 0 aliphatic rings. The summed E-state index contributed by atoms with van der Waals surface area (Å²) in [4.78, 5) is 3.87. The lowest BCUT2D eigenvalue weighted by Crippen LogP contribution is -1.73. The zero-order chi connectivity index (χ0) is 7.23. The summed E-state index contributed by atoms with van der Waals surface area (Å²) < 4.78 is 0. The second-order valence-corrected chi connectivity index (χ2v) is 1.64. The van der Waals surface area contributed by atoms with E-state index >= 15 is 0 Å². The zero-order valence-electron chi connectivity index (χ0n) is 5.33. The van der Waals surface area contributed by atoms with E-state index in [1.165, 1.54) is 0 Å². The van der Waals surface area contributed by atoms with Crippen molar-refractivity contribution in [3.8, 4) is 24.2 Å². The van der Waals surface area contributed by atoms with Gasteiger partial charge in [-0.15, -0.1) is 6.42 Å². The molecule has 0 atom stereocenters. The highest BCUT2D eigenvalue weighted by Crippen LogP contribution is 1.90. The highest BCUT2D eigenvalue weighted by molar-refractivity contribution is 5.36. The Labute approximate surface area is 60.1 Å². The normalized spacial score (nSPS) is 7.10. The Morgan fingerprint density at radius 2 is 2.40 bits per heavy atom. The summed E-state index contributed by atoms with van der Waals surface area (Å²) in [5.74, 6) is 7.48. The Morgan fingerprint density at radius 3 is 3.00 bits per heavy atom. The molecule has 1 aromatic heterocycles. The number of nitrogens with zero attached hydrogens (tertiary/aromatic N) is 1. The molecule has 0 spiro atoms. The third-order valence-corrected chi connectivity index (χ3v) is 0.941. The van der Waals surface area contributed by atoms with Gasteiger partial charge in [0, 0.05) is 18.0 Å². The van der Waals surface area contributed by atoms with Crippen LogP contribution in [0.1, 0.15) is 5.56 Å². The van der Waals surface area contributed by atoms with Gasteiger partial charge in [-0.3, -0.25) is 4.98 Å². The van der Waals surface area contributed by atoms with E-state index in [-0.39, 0.29) is 0 Å². The number of rotatable bonds is 0. The first kappa shape index (κ1) is 6.39. The van der Waals surface area contributed by atoms with Crippen LogP contribution in [-0.2, 0) is 0 Å². The van der Waals surface area contributed by atoms with E-state index in [0.29, 0.717) is 0 Å². The third kappa shape index (κ3) is 1.65. The Balaban J connectivity index is 2.89. The van der Waals surface area contributed by atoms with Crippen molar-refractivity contribution in [2.24, 2.45) is 0 Å². The van der Waals surface area contributed by atoms with Crippen molar-refractivity contribution in [3.05, 3.63) is 30.1 Å². The van der Waals surface area contributed by atoms with Gasteiger partial charge in [0.05, 0.1) is 0 Å². The Hall–Kier alpha value is -1.73. The average molecular weight is 127 g/mol. The van der Waals surface area contributed by atoms with E-state index in [1.807, 2.05) is 12.1 Å². The fourth-order valence-electron chi connectivity index (χ4n) is 0.545. The lowest BCUT2D eigenvalue weighted by Gasteiger charge is -1.82. The van der Waals surface area contributed by atoms with Gasteiger partial charge in [0.25, 0.3) is 0 Å². The topological polar surface area (TPSA) is 12.9 Å². The summed E-state index contributed by atoms with van der Waals surface area (Å²) in [7, 11) is 0. The quantitative estimate of drug-likeness (QED) is 0.475. The van der Waals surface area contributed by atoms with Crippen LogP contribution in [0.15, 0.2) is 24.5 Å². The maximum Gasteiger partial charge on any atom is 0.0439 e. The van der Waals surface area contributed by atoms with E-state index in [0.717, 1.165) is 5.56 Å². The van der Waals surface area contributed by atoms with E-state index in [2.05, 4.69) is 22.7 Å². The molecule has 0 bridgehead atoms. The van der Waals surface area contributed by atoms with Crippen molar-refractivity contribution in [2.45, 2.75) is 0 Å². The Kier molecular flexibility index (Phi) is 2.13. The monoisotopic (exact) mass is 127 g/mol. The standard InChI is InChI=1S/C9H5N/c1-2-3-5-9-6-4-7-10-8-9/h1,4,6-8H. The van der Waals surface area contributed by atoms with Crippen molar-refractivity contribution in [1.29, 1.82) is 0 Å². The molecule has 0 fully saturated rings. The van der Waals surface area contributed by atoms with E-state index in [4.69, 9.17) is 6.42 Å². The molecule has 0 aliphatic heterocycles. The molecule has 0 N–H and O–H groups in total. The van der Waals surface area contributed by atoms with Crippen LogP contribution in [-0.4, -0.2) is 4.98 Å². The molecule has 0 saturated heterocycles. The number of hydrogen-bond acceptors (Lipinski definition) is 1. The largest absolute Gasteiger partial charge is 0.263 e. The van der Waals surface area contributed by atoms with Crippen molar-refractivity contribution < 1.29 is 0 Å². The fourth-order valence-corrected chi connectivity index (χ4v) is 0.545. The molecule has 46 valence electrons. The molecule has 1 rings (SSSR count). The van der Waals surface area contributed by atoms with Gasteiger partial charge in [0.2, 0.25) is 0 Å². The van der Waals surface area contributed by atoms with E-state index < -0.39 is 0 Å². The average Bonchev–Trinajstić information content (AvgIpc) is 2.03. The number of pyridine rings is 1. The number of aromatic nitrogens is 1. The van der Waals surface area contributed by atoms with Gasteiger partial charge in [-0.1, -0.05) is 5.92 Å². The van der Waals surface area contributed by atoms with Gasteiger partial charge >= 0.3 is 0 Å². The minimum Gasteiger partial charge on any atom is -0.263 e. The summed E-state index contributed by atoms with van der Waals surface area (Å²) in [6, 6.07) is 3.68. The number of terminal acetylenes is 1. The Morgan fingerprint density at radius 1 is 1.50 bits per heavy atom. The van der Waals surface area contributed by atoms with Crippen molar-refractivity contribution in [2.75, 3.05) is 0 Å². The van der Waals surface area contributed by atoms with Gasteiger partial charge in [0.15, 0.2) is 0 Å². The smallest absolute Gasteiger partial charge is 0.0439 e. The molecule has 1 heterocycles. The summed E-state index contributed by atoms with van der Waals surface area (Å²) in [5.41, 5.74) is 0.848. The molecule has 1 nitrogen and oxygen atoms in total. The summed E-state index contributed by atoms with van der Waals surface area (Å²) >= 11 is 0. The van der Waals surface area contributed by atoms with E-state index in [1.54, 1.807) is 12.4 Å². The van der Waals surface area contributed by atoms with Crippen molar-refractivity contribution >= 4 is 0 Å². The summed E-state index contributed by atoms with van der Waals surface area (Å²) in [6.07, 6.45) is 8.30. The molecule has 1 aromatic rings. The molecule has 0 unspecified atom stereocenters. The molecule has 0 radical (unpaired) electrons. The molecule has 0 aliphatic carbocycles. The first-order valence-electron chi connectivity index (χ1n) is 2.80. The SMILES string of the molecule is C#CC#Cc1cccnc1. The lowest BCUT2D eigenvalue weighted by atomic mass is 10.3. The molecule has 0 saturated carbocycles. The summed E-state index contributed by atoms with van der Waals surface area (Å²) in [6.45, 7) is 0. The molecule has 1 heteroatoms. The van der Waals surface area contributed by atoms with Crippen molar-refractivity contribution in [3.63, 3.8) is 0 Å². The summed E-state index contributed by atoms with van der Waals surface area (Å²) in [5, 5.41) is 0. The van der Waals surface area contributed by atoms with Gasteiger partial charge in [0.1, 0.15) is 0 Å². The van der Waals surface area contributed by atoms with Crippen LogP contribution in [0.4, 0.5) is 0 Å². The van der Waals surface area contributed by atoms with Gasteiger partial charge in [-0.2, -0.15) is 0 Å². The molecule has 0 amide bonds. The van der Waals surface area contributed by atoms with Gasteiger partial charge < -0.3 is 0 Å². The minimum atomic E-state index is 0.848. The second-order valence-electron chi connectivity index (χ2n) is 1.64.